The van der Waals surface area contributed by atoms with Gasteiger partial charge in [0, 0.05) is 30.9 Å². The molecule has 42 heavy (non-hydrogen) atoms. The zero-order valence-electron chi connectivity index (χ0n) is 24.3. The molecule has 0 aromatic heterocycles. The Morgan fingerprint density at radius 2 is 1.90 bits per heavy atom. The number of hydrogen-bond donors (Lipinski definition) is 6. The van der Waals surface area contributed by atoms with E-state index in [-0.39, 0.29) is 17.2 Å². The van der Waals surface area contributed by atoms with Crippen molar-refractivity contribution >= 4 is 23.4 Å². The third kappa shape index (κ3) is 9.12. The number of phenolic OH excluding ortho intramolecular Hbond substituents is 2. The third-order valence-electron chi connectivity index (χ3n) is 7.13. The molecule has 1 heterocycles. The molecule has 7 N–H and O–H groups in total. The van der Waals surface area contributed by atoms with Gasteiger partial charge in [0.25, 0.3) is 5.91 Å². The monoisotopic (exact) mass is 579 g/mol. The van der Waals surface area contributed by atoms with Crippen molar-refractivity contribution in [3.05, 3.63) is 83.0 Å². The highest BCUT2D eigenvalue weighted by Crippen LogP contribution is 2.42. The molecule has 10 nitrogen and oxygen atoms in total. The summed E-state index contributed by atoms with van der Waals surface area (Å²) in [6.45, 7) is 3.79. The number of primary amides is 1. The number of methoxy groups -OCH3 is 1. The van der Waals surface area contributed by atoms with E-state index in [1.165, 1.54) is 13.2 Å². The van der Waals surface area contributed by atoms with Crippen LogP contribution in [0.4, 0.5) is 16.2 Å². The molecule has 1 aliphatic heterocycles. The first-order chi connectivity index (χ1) is 20.1. The Morgan fingerprint density at radius 3 is 2.60 bits per heavy atom. The Hall–Kier alpha value is -4.28. The van der Waals surface area contributed by atoms with E-state index in [0.29, 0.717) is 61.0 Å². The number of allylic oxidation sites excluding steroid dienone is 2. The highest BCUT2D eigenvalue weighted by atomic mass is 16.6. The molecule has 0 spiro atoms. The van der Waals surface area contributed by atoms with Gasteiger partial charge in [0.2, 0.25) is 0 Å². The van der Waals surface area contributed by atoms with Gasteiger partial charge in [-0.15, -0.1) is 0 Å². The molecule has 2 amide bonds. The summed E-state index contributed by atoms with van der Waals surface area (Å²) >= 11 is 0. The number of amides is 2. The fourth-order valence-electron chi connectivity index (χ4n) is 4.73. The Morgan fingerprint density at radius 1 is 1.17 bits per heavy atom. The maximum Gasteiger partial charge on any atom is 0.405 e. The number of nitrogens with one attached hydrogen (secondary N) is 2. The quantitative estimate of drug-likeness (QED) is 0.163. The van der Waals surface area contributed by atoms with Crippen molar-refractivity contribution in [1.29, 1.82) is 0 Å². The minimum atomic E-state index is -0.962. The minimum Gasteiger partial charge on any atom is -0.506 e. The molecule has 2 aromatic rings. The summed E-state index contributed by atoms with van der Waals surface area (Å²) in [5, 5.41) is 38.7. The van der Waals surface area contributed by atoms with E-state index in [9.17, 15) is 24.9 Å². The molecule has 2 aromatic carbocycles. The number of benzene rings is 2. The number of aliphatic hydroxyl groups is 1. The van der Waals surface area contributed by atoms with E-state index in [1.54, 1.807) is 38.2 Å². The highest BCUT2D eigenvalue weighted by molar-refractivity contribution is 6.04. The lowest BCUT2D eigenvalue weighted by molar-refractivity contribution is -0.112. The summed E-state index contributed by atoms with van der Waals surface area (Å²) in [5.41, 5.74) is 8.21. The lowest BCUT2D eigenvalue weighted by Gasteiger charge is -2.24. The predicted octanol–water partition coefficient (Wildman–Crippen LogP) is 5.05. The topological polar surface area (TPSA) is 163 Å². The number of nitrogens with two attached hydrogens (primary N) is 1. The molecular weight excluding hydrogens is 538 g/mol. The molecule has 3 unspecified atom stereocenters. The lowest BCUT2D eigenvalue weighted by atomic mass is 9.99. The zero-order valence-corrected chi connectivity index (χ0v) is 24.3. The second kappa shape index (κ2) is 15.6. The van der Waals surface area contributed by atoms with Crippen molar-refractivity contribution in [2.24, 2.45) is 5.73 Å². The Balaban J connectivity index is 1.95. The number of carbonyl (C=O) groups is 2. The molecule has 0 fully saturated rings. The van der Waals surface area contributed by atoms with Gasteiger partial charge >= 0.3 is 6.09 Å². The number of ether oxygens (including phenoxy) is 2. The molecule has 0 radical (unpaired) electrons. The molecule has 3 atom stereocenters. The number of phenols is 2. The highest BCUT2D eigenvalue weighted by Gasteiger charge is 2.25. The second-order valence-corrected chi connectivity index (χ2v) is 10.3. The van der Waals surface area contributed by atoms with E-state index in [4.69, 9.17) is 15.2 Å². The van der Waals surface area contributed by atoms with Gasteiger partial charge in [0.15, 0.2) is 6.10 Å². The van der Waals surface area contributed by atoms with Crippen molar-refractivity contribution in [2.45, 2.75) is 70.8 Å². The maximum atomic E-state index is 13.0. The van der Waals surface area contributed by atoms with E-state index in [1.807, 2.05) is 30.3 Å². The predicted molar refractivity (Wildman–Crippen MR) is 162 cm³/mol. The van der Waals surface area contributed by atoms with Crippen LogP contribution in [-0.2, 0) is 27.2 Å². The molecule has 0 aliphatic carbocycles. The van der Waals surface area contributed by atoms with E-state index in [0.717, 1.165) is 5.56 Å². The van der Waals surface area contributed by atoms with Gasteiger partial charge in [0.05, 0.1) is 17.5 Å². The Labute approximate surface area is 246 Å². The summed E-state index contributed by atoms with van der Waals surface area (Å²) < 4.78 is 10.8. The first kappa shape index (κ1) is 32.2. The largest absolute Gasteiger partial charge is 0.506 e. The van der Waals surface area contributed by atoms with Crippen molar-refractivity contribution in [2.75, 3.05) is 17.7 Å². The first-order valence-corrected chi connectivity index (χ1v) is 14.0. The van der Waals surface area contributed by atoms with Gasteiger partial charge in [-0.25, -0.2) is 4.79 Å². The normalized spacial score (nSPS) is 23.9. The van der Waals surface area contributed by atoms with Crippen LogP contribution >= 0.6 is 0 Å². The van der Waals surface area contributed by atoms with E-state index < -0.39 is 30.3 Å². The van der Waals surface area contributed by atoms with Gasteiger partial charge in [-0.1, -0.05) is 61.1 Å². The van der Waals surface area contributed by atoms with Gasteiger partial charge in [-0.3, -0.25) is 4.79 Å². The smallest absolute Gasteiger partial charge is 0.405 e. The third-order valence-corrected chi connectivity index (χ3v) is 7.13. The van der Waals surface area contributed by atoms with Gasteiger partial charge < -0.3 is 41.2 Å². The van der Waals surface area contributed by atoms with Crippen molar-refractivity contribution in [3.8, 4) is 11.5 Å². The molecule has 3 rings (SSSR count). The summed E-state index contributed by atoms with van der Waals surface area (Å²) in [5.74, 6) is -0.727. The van der Waals surface area contributed by atoms with Crippen LogP contribution in [-0.4, -0.2) is 52.7 Å². The zero-order chi connectivity index (χ0) is 30.6. The molecule has 1 aliphatic rings. The number of anilines is 2. The van der Waals surface area contributed by atoms with Gasteiger partial charge in [0.1, 0.15) is 17.6 Å². The SMILES string of the molecule is COC1/C=C\C=C(/C)C(=O)Nc2cc(O)c(NCc3ccccc3)c(c2O)CCCCC(O)C/C=C(\C)C1OC(N)=O. The van der Waals surface area contributed by atoms with Gasteiger partial charge in [-0.05, 0) is 50.7 Å². The summed E-state index contributed by atoms with van der Waals surface area (Å²) in [4.78, 5) is 24.6. The summed E-state index contributed by atoms with van der Waals surface area (Å²) in [6.07, 6.45) is 5.85. The van der Waals surface area contributed by atoms with Crippen LogP contribution in [0, 0.1) is 0 Å². The average molecular weight is 580 g/mol. The molecule has 226 valence electrons. The fourth-order valence-corrected chi connectivity index (χ4v) is 4.73. The lowest BCUT2D eigenvalue weighted by Crippen LogP contribution is -2.34. The van der Waals surface area contributed by atoms with Crippen molar-refractivity contribution < 1.29 is 34.4 Å². The van der Waals surface area contributed by atoms with Crippen LogP contribution in [0.5, 0.6) is 11.5 Å². The second-order valence-electron chi connectivity index (χ2n) is 10.3. The van der Waals surface area contributed by atoms with Crippen LogP contribution in [0.2, 0.25) is 0 Å². The number of carbonyl (C=O) groups excluding carboxylic acids is 2. The maximum absolute atomic E-state index is 13.0. The van der Waals surface area contributed by atoms with Crippen LogP contribution in [0.3, 0.4) is 0 Å². The molecule has 2 bridgehead atoms. The Kier molecular flexibility index (Phi) is 12.0. The number of aromatic hydroxyl groups is 2. The van der Waals surface area contributed by atoms with Crippen LogP contribution < -0.4 is 16.4 Å². The van der Waals surface area contributed by atoms with E-state index >= 15 is 0 Å². The van der Waals surface area contributed by atoms with Crippen LogP contribution in [0.15, 0.2) is 71.8 Å². The number of hydrogen-bond acceptors (Lipinski definition) is 8. The van der Waals surface area contributed by atoms with Crippen LogP contribution in [0.25, 0.3) is 0 Å². The average Bonchev–Trinajstić information content (AvgIpc) is 2.96. The number of fused-ring (bicyclic) bond motifs is 2. The standard InChI is InChI=1S/C32H41N3O7/c1-20-16-17-23(36)13-7-8-14-24-28(34-19-22-11-5-4-6-12-22)26(37)18-25(29(24)38)35-31(39)21(2)10-9-15-27(41-3)30(20)42-32(33)40/h4-6,9-12,15-16,18,23,27,30,34,36-38H,7-8,13-14,17,19H2,1-3H3,(H2,33,40)(H,35,39)/b15-9-,20-16+,21-10+. The fraction of sp³-hybridized carbons (Fsp3) is 0.375. The summed E-state index contributed by atoms with van der Waals surface area (Å²) in [7, 11) is 1.46. The number of rotatable bonds is 5. The molecule has 0 saturated carbocycles. The molecular formula is C32H41N3O7. The summed E-state index contributed by atoms with van der Waals surface area (Å²) in [6, 6.07) is 11.0. The van der Waals surface area contributed by atoms with Crippen LogP contribution in [0.1, 0.15) is 50.7 Å². The minimum absolute atomic E-state index is 0.0805. The molecule has 0 saturated heterocycles. The van der Waals surface area contributed by atoms with Crippen molar-refractivity contribution in [3.63, 3.8) is 0 Å². The Bertz CT molecular complexity index is 1320. The first-order valence-electron chi connectivity index (χ1n) is 14.0. The van der Waals surface area contributed by atoms with Gasteiger partial charge in [-0.2, -0.15) is 0 Å². The molecule has 10 heteroatoms. The number of aliphatic hydroxyl groups excluding tert-OH is 1. The van der Waals surface area contributed by atoms with Crippen molar-refractivity contribution in [1.82, 2.24) is 0 Å². The van der Waals surface area contributed by atoms with E-state index in [2.05, 4.69) is 10.6 Å².